The van der Waals surface area contributed by atoms with Crippen LogP contribution in [0.15, 0.2) is 103 Å². The Morgan fingerprint density at radius 1 is 0.860 bits per heavy atom. The van der Waals surface area contributed by atoms with E-state index in [0.29, 0.717) is 22.6 Å². The summed E-state index contributed by atoms with van der Waals surface area (Å²) in [5.74, 6) is -2.01. The minimum Gasteiger partial charge on any atom is -0.491 e. The number of benzene rings is 4. The molecule has 6 nitrogen and oxygen atoms in total. The minimum absolute atomic E-state index is 0.0331. The first-order valence-electron chi connectivity index (χ1n) is 14.4. The summed E-state index contributed by atoms with van der Waals surface area (Å²) in [6.07, 6.45) is 3.72. The predicted molar refractivity (Wildman–Crippen MR) is 161 cm³/mol. The van der Waals surface area contributed by atoms with Crippen molar-refractivity contribution in [3.05, 3.63) is 137 Å². The number of carbonyl (C=O) groups excluding carboxylic acids is 3. The number of rotatable bonds is 6. The van der Waals surface area contributed by atoms with Crippen LogP contribution in [-0.4, -0.2) is 34.5 Å². The van der Waals surface area contributed by atoms with Crippen molar-refractivity contribution < 1.29 is 23.5 Å². The second-order valence-electron chi connectivity index (χ2n) is 11.5. The number of carbonyl (C=O) groups is 3. The Kier molecular flexibility index (Phi) is 6.27. The van der Waals surface area contributed by atoms with E-state index < -0.39 is 35.0 Å². The smallest absolute Gasteiger partial charge is 0.238 e. The van der Waals surface area contributed by atoms with E-state index in [2.05, 4.69) is 5.32 Å². The molecule has 4 unspecified atom stereocenters. The zero-order valence-corrected chi connectivity index (χ0v) is 23.7. The normalized spacial score (nSPS) is 23.1. The highest BCUT2D eigenvalue weighted by Crippen LogP contribution is 2.62. The van der Waals surface area contributed by atoms with Crippen LogP contribution in [0.25, 0.3) is 6.08 Å². The molecule has 3 aliphatic rings. The Hall–Kier alpha value is -5.04. The van der Waals surface area contributed by atoms with Crippen LogP contribution in [0, 0.1) is 11.7 Å². The SMILES string of the molecule is CC(C)Oc1ccc(C(=O)C2C(C(=O)c3ccc(F)cc3)C3(C(=O)Nc4ccccc43)C3c4ccccc4C=CN23)cc1. The summed E-state index contributed by atoms with van der Waals surface area (Å²) >= 11 is 0. The largest absolute Gasteiger partial charge is 0.491 e. The highest BCUT2D eigenvalue weighted by atomic mass is 19.1. The lowest BCUT2D eigenvalue weighted by Crippen LogP contribution is -2.49. The van der Waals surface area contributed by atoms with Crippen LogP contribution in [0.1, 0.15) is 57.3 Å². The first-order chi connectivity index (χ1) is 20.8. The number of fused-ring (bicyclic) bond motifs is 6. The number of amides is 1. The van der Waals surface area contributed by atoms with Crippen LogP contribution in [0.5, 0.6) is 5.75 Å². The molecule has 0 saturated carbocycles. The van der Waals surface area contributed by atoms with Crippen molar-refractivity contribution in [3.8, 4) is 5.75 Å². The molecule has 1 amide bonds. The van der Waals surface area contributed by atoms with Crippen molar-refractivity contribution in [2.24, 2.45) is 5.92 Å². The maximum Gasteiger partial charge on any atom is 0.238 e. The van der Waals surface area contributed by atoms with Gasteiger partial charge in [0.1, 0.15) is 23.0 Å². The molecule has 4 aromatic rings. The summed E-state index contributed by atoms with van der Waals surface area (Å²) in [5, 5.41) is 3.03. The zero-order valence-electron chi connectivity index (χ0n) is 23.7. The molecule has 4 atom stereocenters. The zero-order chi connectivity index (χ0) is 29.9. The molecule has 214 valence electrons. The number of nitrogens with zero attached hydrogens (tertiary/aromatic N) is 1. The first kappa shape index (κ1) is 26.8. The number of ether oxygens (including phenoxy) is 1. The Balaban J connectivity index is 1.47. The quantitative estimate of drug-likeness (QED) is 0.264. The van der Waals surface area contributed by atoms with Crippen LogP contribution < -0.4 is 10.1 Å². The number of para-hydroxylation sites is 1. The van der Waals surface area contributed by atoms with Gasteiger partial charge in [-0.2, -0.15) is 0 Å². The van der Waals surface area contributed by atoms with Crippen LogP contribution in [-0.2, 0) is 10.2 Å². The van der Waals surface area contributed by atoms with Gasteiger partial charge in [-0.3, -0.25) is 14.4 Å². The summed E-state index contributed by atoms with van der Waals surface area (Å²) in [4.78, 5) is 45.7. The topological polar surface area (TPSA) is 75.7 Å². The fourth-order valence-corrected chi connectivity index (χ4v) is 7.10. The molecule has 1 saturated heterocycles. The van der Waals surface area contributed by atoms with E-state index in [0.717, 1.165) is 11.1 Å². The number of hydrogen-bond donors (Lipinski definition) is 1. The van der Waals surface area contributed by atoms with Crippen LogP contribution in [0.4, 0.5) is 10.1 Å². The number of anilines is 1. The predicted octanol–water partition coefficient (Wildman–Crippen LogP) is 6.59. The molecule has 4 aromatic carbocycles. The average molecular weight is 573 g/mol. The summed E-state index contributed by atoms with van der Waals surface area (Å²) in [6.45, 7) is 3.85. The minimum atomic E-state index is -1.44. The molecular formula is C36H29FN2O4. The molecule has 1 fully saturated rings. The van der Waals surface area contributed by atoms with Gasteiger partial charge in [0.05, 0.1) is 18.1 Å². The van der Waals surface area contributed by atoms with Crippen molar-refractivity contribution in [1.82, 2.24) is 4.90 Å². The highest BCUT2D eigenvalue weighted by molar-refractivity contribution is 6.16. The molecule has 7 heteroatoms. The van der Waals surface area contributed by atoms with E-state index in [4.69, 9.17) is 4.74 Å². The van der Waals surface area contributed by atoms with Gasteiger partial charge < -0.3 is 15.0 Å². The van der Waals surface area contributed by atoms with Crippen LogP contribution >= 0.6 is 0 Å². The lowest BCUT2D eigenvalue weighted by atomic mass is 9.62. The summed E-state index contributed by atoms with van der Waals surface area (Å²) < 4.78 is 19.8. The van der Waals surface area contributed by atoms with Crippen LogP contribution in [0.3, 0.4) is 0 Å². The fraction of sp³-hybridized carbons (Fsp3) is 0.194. The highest BCUT2D eigenvalue weighted by Gasteiger charge is 2.70. The van der Waals surface area contributed by atoms with Crippen molar-refractivity contribution in [3.63, 3.8) is 0 Å². The first-order valence-corrected chi connectivity index (χ1v) is 14.4. The monoisotopic (exact) mass is 572 g/mol. The third-order valence-corrected chi connectivity index (χ3v) is 8.76. The van der Waals surface area contributed by atoms with Gasteiger partial charge in [0.25, 0.3) is 0 Å². The number of hydrogen-bond acceptors (Lipinski definition) is 5. The fourth-order valence-electron chi connectivity index (χ4n) is 7.10. The van der Waals surface area contributed by atoms with Crippen molar-refractivity contribution in [1.29, 1.82) is 0 Å². The lowest BCUT2D eigenvalue weighted by molar-refractivity contribution is -0.122. The lowest BCUT2D eigenvalue weighted by Gasteiger charge is -2.38. The number of Topliss-reactive ketones (excluding diaryl/α,β-unsaturated/α-hetero) is 2. The van der Waals surface area contributed by atoms with Gasteiger partial charge in [0.15, 0.2) is 11.6 Å². The second kappa shape index (κ2) is 10.1. The third-order valence-electron chi connectivity index (χ3n) is 8.76. The van der Waals surface area contributed by atoms with Crippen molar-refractivity contribution in [2.75, 3.05) is 5.32 Å². The number of ketones is 2. The molecule has 0 radical (unpaired) electrons. The van der Waals surface area contributed by atoms with Gasteiger partial charge in [0, 0.05) is 23.0 Å². The molecule has 43 heavy (non-hydrogen) atoms. The summed E-state index contributed by atoms with van der Waals surface area (Å²) in [7, 11) is 0. The molecule has 1 spiro atoms. The Morgan fingerprint density at radius 2 is 1.51 bits per heavy atom. The van der Waals surface area contributed by atoms with E-state index in [1.54, 1.807) is 24.3 Å². The van der Waals surface area contributed by atoms with Gasteiger partial charge in [-0.1, -0.05) is 42.5 Å². The van der Waals surface area contributed by atoms with E-state index >= 15 is 0 Å². The Morgan fingerprint density at radius 3 is 2.26 bits per heavy atom. The molecule has 0 aromatic heterocycles. The molecule has 0 aliphatic carbocycles. The van der Waals surface area contributed by atoms with E-state index in [9.17, 15) is 18.8 Å². The third kappa shape index (κ3) is 4.02. The summed E-state index contributed by atoms with van der Waals surface area (Å²) in [6, 6.07) is 25.6. The Labute approximate surface area is 248 Å². The maximum atomic E-state index is 14.7. The van der Waals surface area contributed by atoms with Gasteiger partial charge in [-0.15, -0.1) is 0 Å². The summed E-state index contributed by atoms with van der Waals surface area (Å²) in [5.41, 5.74) is 2.23. The standard InChI is InChI=1S/C36H29FN2O4/c1-21(2)43-26-17-13-24(14-18-26)33(41)31-30(32(40)23-11-15-25(37)16-12-23)36(28-9-5-6-10-29(28)38-35(36)42)34-27-8-4-3-7-22(27)19-20-39(31)34/h3-21,30-31,34H,1-2H3,(H,38,42). The van der Waals surface area contributed by atoms with Gasteiger partial charge in [-0.25, -0.2) is 4.39 Å². The van der Waals surface area contributed by atoms with E-state index in [1.807, 2.05) is 79.6 Å². The number of halogens is 1. The van der Waals surface area contributed by atoms with E-state index in [1.165, 1.54) is 24.3 Å². The van der Waals surface area contributed by atoms with Crippen molar-refractivity contribution in [2.45, 2.75) is 37.5 Å². The van der Waals surface area contributed by atoms with Gasteiger partial charge >= 0.3 is 0 Å². The van der Waals surface area contributed by atoms with E-state index in [-0.39, 0.29) is 23.4 Å². The molecule has 0 bridgehead atoms. The maximum absolute atomic E-state index is 14.7. The molecule has 3 aliphatic heterocycles. The van der Waals surface area contributed by atoms with Gasteiger partial charge in [-0.05, 0) is 91.2 Å². The average Bonchev–Trinajstić information content (AvgIpc) is 3.49. The van der Waals surface area contributed by atoms with Gasteiger partial charge in [0.2, 0.25) is 5.91 Å². The van der Waals surface area contributed by atoms with Crippen molar-refractivity contribution >= 4 is 29.2 Å². The molecule has 3 heterocycles. The Bertz CT molecular complexity index is 1800. The molecular weight excluding hydrogens is 543 g/mol. The second-order valence-corrected chi connectivity index (χ2v) is 11.5. The number of nitrogens with one attached hydrogen (secondary N) is 1. The molecule has 1 N–H and O–H groups in total. The molecule has 7 rings (SSSR count). The van der Waals surface area contributed by atoms with Crippen LogP contribution in [0.2, 0.25) is 0 Å².